The maximum absolute atomic E-state index is 12.5. The summed E-state index contributed by atoms with van der Waals surface area (Å²) in [5.41, 5.74) is 3.58. The Kier molecular flexibility index (Phi) is 11.8. The number of carbonyl (C=O) groups is 2. The number of Topliss-reactive ketones (excluding diaryl/α,β-unsaturated/α-hetero) is 1. The molecule has 2 aromatic rings. The lowest BCUT2D eigenvalue weighted by molar-refractivity contribution is -0.122. The van der Waals surface area contributed by atoms with Crippen LogP contribution >= 0.6 is 0 Å². The topological polar surface area (TPSA) is 67.2 Å². The first kappa shape index (κ1) is 26.0. The van der Waals surface area contributed by atoms with E-state index in [-0.39, 0.29) is 30.3 Å². The van der Waals surface area contributed by atoms with E-state index in [9.17, 15) is 9.59 Å². The Hall–Kier alpha value is -3.01. The minimum absolute atomic E-state index is 0.0242. The standard InChI is InChI=1S/C25H29NO3.C2H6/c1-4-18-7-6-8-20(15-18)25(26)17-21(16-23(28)12-11-22(27)5-2)19-9-13-24(29-3)14-10-19;1-2/h5-10,13-15,21,26H,2,4,11-12,16-17H2,1,3H3;1-2H3. The largest absolute Gasteiger partial charge is 0.497 e. The molecular formula is C27H35NO3. The van der Waals surface area contributed by atoms with Crippen LogP contribution in [0.3, 0.4) is 0 Å². The van der Waals surface area contributed by atoms with Crippen LogP contribution < -0.4 is 4.74 Å². The van der Waals surface area contributed by atoms with Crippen molar-refractivity contribution in [2.24, 2.45) is 0 Å². The lowest BCUT2D eigenvalue weighted by Crippen LogP contribution is -2.13. The fourth-order valence-electron chi connectivity index (χ4n) is 3.27. The van der Waals surface area contributed by atoms with Crippen molar-refractivity contribution in [1.29, 1.82) is 5.41 Å². The third kappa shape index (κ3) is 8.71. The Bertz CT molecular complexity index is 868. The van der Waals surface area contributed by atoms with E-state index < -0.39 is 0 Å². The molecule has 0 aliphatic rings. The molecule has 0 aliphatic heterocycles. The Morgan fingerprint density at radius 1 is 1.06 bits per heavy atom. The molecular weight excluding hydrogens is 386 g/mol. The Morgan fingerprint density at radius 3 is 2.32 bits per heavy atom. The normalized spacial score (nSPS) is 11.0. The molecule has 1 unspecified atom stereocenters. The fraction of sp³-hybridized carbons (Fsp3) is 0.370. The molecule has 4 heteroatoms. The SMILES string of the molecule is C=CC(=O)CCC(=O)CC(CC(=N)c1cccc(CC)c1)c1ccc(OC)cc1.CC. The van der Waals surface area contributed by atoms with Crippen molar-refractivity contribution >= 4 is 17.3 Å². The van der Waals surface area contributed by atoms with Gasteiger partial charge in [0, 0.05) is 25.0 Å². The molecule has 0 radical (unpaired) electrons. The van der Waals surface area contributed by atoms with Gasteiger partial charge in [-0.25, -0.2) is 0 Å². The van der Waals surface area contributed by atoms with Gasteiger partial charge in [-0.05, 0) is 59.7 Å². The van der Waals surface area contributed by atoms with Gasteiger partial charge in [-0.3, -0.25) is 9.59 Å². The van der Waals surface area contributed by atoms with Gasteiger partial charge in [-0.15, -0.1) is 0 Å². The molecule has 31 heavy (non-hydrogen) atoms. The van der Waals surface area contributed by atoms with Crippen molar-refractivity contribution in [1.82, 2.24) is 0 Å². The number of allylic oxidation sites excluding steroid dienone is 1. The van der Waals surface area contributed by atoms with Crippen molar-refractivity contribution < 1.29 is 14.3 Å². The first-order valence-electron chi connectivity index (χ1n) is 10.9. The minimum Gasteiger partial charge on any atom is -0.497 e. The van der Waals surface area contributed by atoms with E-state index in [2.05, 4.69) is 19.6 Å². The average Bonchev–Trinajstić information content (AvgIpc) is 2.83. The summed E-state index contributed by atoms with van der Waals surface area (Å²) in [6.45, 7) is 9.54. The van der Waals surface area contributed by atoms with Crippen LogP contribution in [0, 0.1) is 5.41 Å². The highest BCUT2D eigenvalue weighted by molar-refractivity contribution is 5.99. The maximum atomic E-state index is 12.5. The molecule has 0 spiro atoms. The highest BCUT2D eigenvalue weighted by Crippen LogP contribution is 2.28. The van der Waals surface area contributed by atoms with Gasteiger partial charge < -0.3 is 10.1 Å². The lowest BCUT2D eigenvalue weighted by atomic mass is 9.86. The van der Waals surface area contributed by atoms with E-state index >= 15 is 0 Å². The number of nitrogens with one attached hydrogen (secondary N) is 1. The first-order valence-corrected chi connectivity index (χ1v) is 10.9. The minimum atomic E-state index is -0.122. The monoisotopic (exact) mass is 421 g/mol. The quantitative estimate of drug-likeness (QED) is 0.322. The molecule has 2 aromatic carbocycles. The zero-order valence-electron chi connectivity index (χ0n) is 19.2. The van der Waals surface area contributed by atoms with Gasteiger partial charge in [0.2, 0.25) is 0 Å². The molecule has 0 bridgehead atoms. The average molecular weight is 422 g/mol. The Morgan fingerprint density at radius 2 is 1.74 bits per heavy atom. The summed E-state index contributed by atoms with van der Waals surface area (Å²) in [5, 5.41) is 8.60. The Balaban J connectivity index is 0.00000233. The summed E-state index contributed by atoms with van der Waals surface area (Å²) in [5.74, 6) is 0.533. The van der Waals surface area contributed by atoms with Crippen LogP contribution in [-0.2, 0) is 16.0 Å². The molecule has 0 amide bonds. The van der Waals surface area contributed by atoms with Gasteiger partial charge in [-0.1, -0.05) is 57.7 Å². The molecule has 1 atom stereocenters. The number of carbonyl (C=O) groups excluding carboxylic acids is 2. The van der Waals surface area contributed by atoms with E-state index in [1.165, 1.54) is 11.6 Å². The summed E-state index contributed by atoms with van der Waals surface area (Å²) >= 11 is 0. The summed E-state index contributed by atoms with van der Waals surface area (Å²) in [6, 6.07) is 15.6. The molecule has 0 aliphatic carbocycles. The summed E-state index contributed by atoms with van der Waals surface area (Å²) in [4.78, 5) is 24.0. The summed E-state index contributed by atoms with van der Waals surface area (Å²) in [7, 11) is 1.61. The van der Waals surface area contributed by atoms with Crippen LogP contribution in [0.5, 0.6) is 5.75 Å². The number of benzene rings is 2. The summed E-state index contributed by atoms with van der Waals surface area (Å²) < 4.78 is 5.23. The highest BCUT2D eigenvalue weighted by Gasteiger charge is 2.19. The van der Waals surface area contributed by atoms with E-state index in [0.717, 1.165) is 23.3 Å². The number of hydrogen-bond acceptors (Lipinski definition) is 4. The lowest BCUT2D eigenvalue weighted by Gasteiger charge is -2.18. The third-order valence-electron chi connectivity index (χ3n) is 5.07. The maximum Gasteiger partial charge on any atom is 0.155 e. The molecule has 166 valence electrons. The molecule has 0 fully saturated rings. The predicted octanol–water partition coefficient (Wildman–Crippen LogP) is 6.32. The second-order valence-corrected chi connectivity index (χ2v) is 7.12. The number of ketones is 2. The van der Waals surface area contributed by atoms with Gasteiger partial charge in [0.1, 0.15) is 11.5 Å². The summed E-state index contributed by atoms with van der Waals surface area (Å²) in [6.07, 6.45) is 3.32. The van der Waals surface area contributed by atoms with Crippen molar-refractivity contribution in [3.8, 4) is 5.75 Å². The Labute approximate surface area is 186 Å². The van der Waals surface area contributed by atoms with Crippen molar-refractivity contribution in [2.75, 3.05) is 7.11 Å². The molecule has 0 saturated carbocycles. The highest BCUT2D eigenvalue weighted by atomic mass is 16.5. The smallest absolute Gasteiger partial charge is 0.155 e. The first-order chi connectivity index (χ1) is 15.0. The van der Waals surface area contributed by atoms with E-state index in [1.807, 2.05) is 56.3 Å². The second kappa shape index (κ2) is 14.1. The van der Waals surface area contributed by atoms with E-state index in [0.29, 0.717) is 18.6 Å². The van der Waals surface area contributed by atoms with Crippen LogP contribution in [0.2, 0.25) is 0 Å². The van der Waals surface area contributed by atoms with E-state index in [4.69, 9.17) is 10.1 Å². The number of hydrogen-bond donors (Lipinski definition) is 1. The van der Waals surface area contributed by atoms with Crippen LogP contribution in [0.1, 0.15) is 69.1 Å². The predicted molar refractivity (Wildman–Crippen MR) is 128 cm³/mol. The zero-order chi connectivity index (χ0) is 23.2. The fourth-order valence-corrected chi connectivity index (χ4v) is 3.27. The van der Waals surface area contributed by atoms with E-state index in [1.54, 1.807) is 7.11 Å². The molecule has 0 aromatic heterocycles. The van der Waals surface area contributed by atoms with Gasteiger partial charge >= 0.3 is 0 Å². The van der Waals surface area contributed by atoms with Gasteiger partial charge in [0.05, 0.1) is 7.11 Å². The van der Waals surface area contributed by atoms with Crippen LogP contribution in [0.15, 0.2) is 61.2 Å². The van der Waals surface area contributed by atoms with Gasteiger partial charge in [0.25, 0.3) is 0 Å². The molecule has 0 saturated heterocycles. The third-order valence-corrected chi connectivity index (χ3v) is 5.07. The second-order valence-electron chi connectivity index (χ2n) is 7.12. The van der Waals surface area contributed by atoms with Crippen LogP contribution in [-0.4, -0.2) is 24.4 Å². The molecule has 2 rings (SSSR count). The number of rotatable bonds is 12. The zero-order valence-corrected chi connectivity index (χ0v) is 19.2. The molecule has 4 nitrogen and oxygen atoms in total. The number of ether oxygens (including phenoxy) is 1. The van der Waals surface area contributed by atoms with Crippen molar-refractivity contribution in [2.45, 2.75) is 58.8 Å². The van der Waals surface area contributed by atoms with Crippen LogP contribution in [0.25, 0.3) is 0 Å². The van der Waals surface area contributed by atoms with Gasteiger partial charge in [0.15, 0.2) is 5.78 Å². The molecule has 0 heterocycles. The number of methoxy groups -OCH3 is 1. The number of aryl methyl sites for hydroxylation is 1. The van der Waals surface area contributed by atoms with Crippen molar-refractivity contribution in [3.63, 3.8) is 0 Å². The van der Waals surface area contributed by atoms with Gasteiger partial charge in [-0.2, -0.15) is 0 Å². The molecule has 1 N–H and O–H groups in total. The van der Waals surface area contributed by atoms with Crippen LogP contribution in [0.4, 0.5) is 0 Å². The van der Waals surface area contributed by atoms with Crippen molar-refractivity contribution in [3.05, 3.63) is 77.9 Å².